The minimum Gasteiger partial charge on any atom is -0.356 e. The first-order chi connectivity index (χ1) is 7.40. The summed E-state index contributed by atoms with van der Waals surface area (Å²) in [5.74, 6) is 1.01. The monoisotopic (exact) mass is 199 g/mol. The van der Waals surface area contributed by atoms with Gasteiger partial charge < -0.3 is 5.32 Å². The largest absolute Gasteiger partial charge is 0.356 e. The summed E-state index contributed by atoms with van der Waals surface area (Å²) in [7, 11) is 0. The quantitative estimate of drug-likeness (QED) is 0.538. The molecule has 2 heterocycles. The van der Waals surface area contributed by atoms with Gasteiger partial charge in [0.1, 0.15) is 18.6 Å². The maximum atomic E-state index is 8.97. The van der Waals surface area contributed by atoms with Crippen molar-refractivity contribution in [2.24, 2.45) is 4.99 Å². The van der Waals surface area contributed by atoms with Crippen molar-refractivity contribution < 1.29 is 0 Å². The van der Waals surface area contributed by atoms with Crippen LogP contribution in [0.4, 0.5) is 0 Å². The smallest absolute Gasteiger partial charge is 0.128 e. The summed E-state index contributed by atoms with van der Waals surface area (Å²) in [5.41, 5.74) is 3.78. The average Bonchev–Trinajstić information content (AvgIpc) is 2.76. The zero-order valence-electron chi connectivity index (χ0n) is 7.99. The Kier molecular flexibility index (Phi) is 1.64. The lowest BCUT2D eigenvalue weighted by molar-refractivity contribution is 0.333. The molecule has 2 aliphatic heterocycles. The molecule has 2 N–H and O–H groups in total. The Labute approximate surface area is 86.3 Å². The summed E-state index contributed by atoms with van der Waals surface area (Å²) in [4.78, 5) is 4.39. The highest BCUT2D eigenvalue weighted by Gasteiger charge is 2.19. The first-order valence-electron chi connectivity index (χ1n) is 4.73. The first kappa shape index (κ1) is 8.26. The minimum absolute atomic E-state index is 0.550. The SMILES string of the molecule is N#Cc1cccc2c1=NCN1NCNC=21. The van der Waals surface area contributed by atoms with Gasteiger partial charge in [-0.15, -0.1) is 0 Å². The van der Waals surface area contributed by atoms with E-state index >= 15 is 0 Å². The molecule has 0 atom stereocenters. The predicted octanol–water partition coefficient (Wildman–Crippen LogP) is -1.42. The van der Waals surface area contributed by atoms with Crippen LogP contribution in [0.3, 0.4) is 0 Å². The molecular weight excluding hydrogens is 190 g/mol. The second kappa shape index (κ2) is 2.97. The van der Waals surface area contributed by atoms with E-state index in [1.54, 1.807) is 6.07 Å². The summed E-state index contributed by atoms with van der Waals surface area (Å²) in [5, 5.41) is 15.9. The van der Waals surface area contributed by atoms with Crippen LogP contribution < -0.4 is 21.3 Å². The molecule has 0 aliphatic carbocycles. The third-order valence-corrected chi connectivity index (χ3v) is 2.58. The molecule has 1 aromatic rings. The number of nitriles is 1. The van der Waals surface area contributed by atoms with Gasteiger partial charge in [0.25, 0.3) is 0 Å². The van der Waals surface area contributed by atoms with Gasteiger partial charge in [-0.3, -0.25) is 10.0 Å². The fraction of sp³-hybridized carbons (Fsp3) is 0.200. The van der Waals surface area contributed by atoms with Crippen molar-refractivity contribution in [1.29, 1.82) is 5.26 Å². The zero-order valence-corrected chi connectivity index (χ0v) is 7.99. The Morgan fingerprint density at radius 1 is 1.47 bits per heavy atom. The van der Waals surface area contributed by atoms with E-state index in [2.05, 4.69) is 21.8 Å². The van der Waals surface area contributed by atoms with Crippen molar-refractivity contribution in [1.82, 2.24) is 15.8 Å². The molecule has 0 bridgehead atoms. The van der Waals surface area contributed by atoms with Crippen molar-refractivity contribution in [2.75, 3.05) is 13.3 Å². The third-order valence-electron chi connectivity index (χ3n) is 2.58. The maximum absolute atomic E-state index is 8.97. The van der Waals surface area contributed by atoms with E-state index in [0.29, 0.717) is 18.9 Å². The fourth-order valence-electron chi connectivity index (χ4n) is 1.89. The van der Waals surface area contributed by atoms with Gasteiger partial charge in [0, 0.05) is 5.22 Å². The summed E-state index contributed by atoms with van der Waals surface area (Å²) >= 11 is 0. The molecule has 2 aliphatic rings. The Hall–Kier alpha value is -2.06. The van der Waals surface area contributed by atoms with Gasteiger partial charge in [-0.2, -0.15) is 5.26 Å². The standard InChI is InChI=1S/C10H9N5/c11-4-7-2-1-3-8-9(7)13-6-15-10(8)12-5-14-15/h1-3,12,14H,5-6H2. The van der Waals surface area contributed by atoms with Gasteiger partial charge in [0.15, 0.2) is 0 Å². The average molecular weight is 199 g/mol. The molecule has 0 spiro atoms. The number of hydrazine groups is 1. The van der Waals surface area contributed by atoms with Crippen LogP contribution in [0.5, 0.6) is 0 Å². The second-order valence-electron chi connectivity index (χ2n) is 3.40. The van der Waals surface area contributed by atoms with Crippen LogP contribution in [0.15, 0.2) is 23.2 Å². The van der Waals surface area contributed by atoms with E-state index in [1.165, 1.54) is 0 Å². The van der Waals surface area contributed by atoms with Crippen LogP contribution in [0.25, 0.3) is 5.82 Å². The van der Waals surface area contributed by atoms with Crippen LogP contribution in [-0.4, -0.2) is 18.3 Å². The lowest BCUT2D eigenvalue weighted by atomic mass is 10.1. The number of nitrogens with zero attached hydrogens (tertiary/aromatic N) is 3. The Morgan fingerprint density at radius 2 is 2.40 bits per heavy atom. The van der Waals surface area contributed by atoms with Crippen molar-refractivity contribution in [2.45, 2.75) is 0 Å². The summed E-state index contributed by atoms with van der Waals surface area (Å²) in [6.07, 6.45) is 0. The third kappa shape index (κ3) is 1.09. The van der Waals surface area contributed by atoms with E-state index in [-0.39, 0.29) is 0 Å². The van der Waals surface area contributed by atoms with Crippen LogP contribution in [0.2, 0.25) is 0 Å². The van der Waals surface area contributed by atoms with Gasteiger partial charge in [-0.1, -0.05) is 6.07 Å². The minimum atomic E-state index is 0.550. The number of hydrogen-bond donors (Lipinski definition) is 2. The Balaban J connectivity index is 2.41. The molecule has 74 valence electrons. The van der Waals surface area contributed by atoms with E-state index in [1.807, 2.05) is 17.1 Å². The topological polar surface area (TPSA) is 63.5 Å². The molecular formula is C10H9N5. The molecule has 0 amide bonds. The van der Waals surface area contributed by atoms with Gasteiger partial charge >= 0.3 is 0 Å². The van der Waals surface area contributed by atoms with Crippen LogP contribution in [0, 0.1) is 11.3 Å². The Bertz CT molecular complexity index is 568. The van der Waals surface area contributed by atoms with Crippen LogP contribution in [-0.2, 0) is 0 Å². The highest BCUT2D eigenvalue weighted by atomic mass is 15.6. The van der Waals surface area contributed by atoms with Crippen molar-refractivity contribution in [3.63, 3.8) is 0 Å². The summed E-state index contributed by atoms with van der Waals surface area (Å²) in [6, 6.07) is 7.81. The molecule has 0 aromatic heterocycles. The number of fused-ring (bicyclic) bond motifs is 2. The fourth-order valence-corrected chi connectivity index (χ4v) is 1.89. The highest BCUT2D eigenvalue weighted by Crippen LogP contribution is 2.03. The number of para-hydroxylation sites is 1. The maximum Gasteiger partial charge on any atom is 0.128 e. The van der Waals surface area contributed by atoms with Gasteiger partial charge in [-0.25, -0.2) is 5.43 Å². The normalized spacial score (nSPS) is 17.3. The van der Waals surface area contributed by atoms with E-state index in [9.17, 15) is 0 Å². The molecule has 3 rings (SSSR count). The Morgan fingerprint density at radius 3 is 3.27 bits per heavy atom. The number of nitrogens with one attached hydrogen (secondary N) is 2. The van der Waals surface area contributed by atoms with Crippen molar-refractivity contribution in [3.8, 4) is 6.07 Å². The molecule has 1 aromatic carbocycles. The molecule has 1 fully saturated rings. The molecule has 0 saturated carbocycles. The summed E-state index contributed by atoms with van der Waals surface area (Å²) < 4.78 is 0. The van der Waals surface area contributed by atoms with Gasteiger partial charge in [-0.05, 0) is 12.1 Å². The van der Waals surface area contributed by atoms with Gasteiger partial charge in [0.05, 0.1) is 17.6 Å². The predicted molar refractivity (Wildman–Crippen MR) is 53.2 cm³/mol. The molecule has 5 heteroatoms. The van der Waals surface area contributed by atoms with E-state index in [0.717, 1.165) is 16.4 Å². The lowest BCUT2D eigenvalue weighted by Gasteiger charge is -2.19. The number of hydrogen-bond acceptors (Lipinski definition) is 5. The molecule has 0 radical (unpaired) electrons. The lowest BCUT2D eigenvalue weighted by Crippen LogP contribution is -2.43. The van der Waals surface area contributed by atoms with Crippen LogP contribution >= 0.6 is 0 Å². The molecule has 1 saturated heterocycles. The van der Waals surface area contributed by atoms with Gasteiger partial charge in [0.2, 0.25) is 0 Å². The second-order valence-corrected chi connectivity index (χ2v) is 3.40. The zero-order chi connectivity index (χ0) is 10.3. The molecule has 0 unspecified atom stereocenters. The molecule has 5 nitrogen and oxygen atoms in total. The van der Waals surface area contributed by atoms with E-state index < -0.39 is 0 Å². The van der Waals surface area contributed by atoms with Crippen molar-refractivity contribution in [3.05, 3.63) is 34.3 Å². The van der Waals surface area contributed by atoms with Crippen LogP contribution in [0.1, 0.15) is 5.56 Å². The first-order valence-corrected chi connectivity index (χ1v) is 4.73. The van der Waals surface area contributed by atoms with E-state index in [4.69, 9.17) is 5.26 Å². The number of benzene rings is 1. The summed E-state index contributed by atoms with van der Waals surface area (Å²) in [6.45, 7) is 1.26. The van der Waals surface area contributed by atoms with Crippen molar-refractivity contribution >= 4 is 5.82 Å². The highest BCUT2D eigenvalue weighted by molar-refractivity contribution is 5.45. The molecule has 15 heavy (non-hydrogen) atoms. The number of rotatable bonds is 0.